The normalized spacial score (nSPS) is 10.8. The van der Waals surface area contributed by atoms with Crippen LogP contribution in [-0.4, -0.2) is 39.7 Å². The number of aromatic nitrogens is 3. The minimum Gasteiger partial charge on any atom is -0.462 e. The monoisotopic (exact) mass is 435 g/mol. The van der Waals surface area contributed by atoms with Gasteiger partial charge in [0.25, 0.3) is 0 Å². The summed E-state index contributed by atoms with van der Waals surface area (Å²) in [5, 5.41) is 13.1. The highest BCUT2D eigenvalue weighted by atomic mass is 32.1. The number of hydrogen-bond donors (Lipinski definition) is 2. The molecule has 0 atom stereocenters. The fraction of sp³-hybridized carbons (Fsp3) is 0.182. The van der Waals surface area contributed by atoms with Crippen LogP contribution in [0, 0.1) is 0 Å². The summed E-state index contributed by atoms with van der Waals surface area (Å²) in [6.45, 7) is 2.06. The number of carbonyl (C=O) groups is 1. The topological polar surface area (TPSA) is 100 Å². The summed E-state index contributed by atoms with van der Waals surface area (Å²) >= 11 is 1.41. The summed E-state index contributed by atoms with van der Waals surface area (Å²) in [7, 11) is 1.89. The van der Waals surface area contributed by atoms with Crippen molar-refractivity contribution in [3.8, 4) is 0 Å². The molecule has 158 valence electrons. The standard InChI is InChI=1S/C22H21N5O3S/c1-3-30-21(29)15-5-4-6-16(12-15)27(2)19-8-7-17-20(26-19)31-22(24-17)25-18-11-14(13-28)9-10-23-18/h4-12,28H,3,13H2,1-2H3,(H,23,24,25). The van der Waals surface area contributed by atoms with Gasteiger partial charge in [-0.1, -0.05) is 17.4 Å². The molecule has 0 radical (unpaired) electrons. The molecule has 0 aliphatic heterocycles. The molecule has 9 heteroatoms. The van der Waals surface area contributed by atoms with Crippen molar-refractivity contribution in [1.29, 1.82) is 0 Å². The molecule has 0 unspecified atom stereocenters. The van der Waals surface area contributed by atoms with Crippen molar-refractivity contribution in [2.24, 2.45) is 0 Å². The third-order valence-corrected chi connectivity index (χ3v) is 5.45. The first-order valence-corrected chi connectivity index (χ1v) is 10.5. The number of aliphatic hydroxyl groups excluding tert-OH is 1. The van der Waals surface area contributed by atoms with Gasteiger partial charge in [0, 0.05) is 18.9 Å². The third-order valence-electron chi connectivity index (χ3n) is 4.57. The number of nitrogens with one attached hydrogen (secondary N) is 1. The van der Waals surface area contributed by atoms with E-state index < -0.39 is 0 Å². The average Bonchev–Trinajstić information content (AvgIpc) is 3.20. The van der Waals surface area contributed by atoms with E-state index >= 15 is 0 Å². The number of aliphatic hydroxyl groups is 1. The predicted octanol–water partition coefficient (Wildman–Crippen LogP) is 4.27. The van der Waals surface area contributed by atoms with E-state index in [4.69, 9.17) is 9.72 Å². The summed E-state index contributed by atoms with van der Waals surface area (Å²) in [5.74, 6) is 0.987. The Labute approximate surface area is 183 Å². The van der Waals surface area contributed by atoms with Crippen LogP contribution in [-0.2, 0) is 11.3 Å². The van der Waals surface area contributed by atoms with E-state index in [1.807, 2.05) is 36.2 Å². The number of esters is 1. The average molecular weight is 436 g/mol. The van der Waals surface area contributed by atoms with E-state index in [0.717, 1.165) is 27.4 Å². The first-order chi connectivity index (χ1) is 15.1. The molecule has 0 spiro atoms. The van der Waals surface area contributed by atoms with Gasteiger partial charge >= 0.3 is 5.97 Å². The highest BCUT2D eigenvalue weighted by Crippen LogP contribution is 2.30. The fourth-order valence-electron chi connectivity index (χ4n) is 2.99. The summed E-state index contributed by atoms with van der Waals surface area (Å²) in [4.78, 5) is 28.2. The number of nitrogens with zero attached hydrogens (tertiary/aromatic N) is 4. The number of rotatable bonds is 7. The molecule has 4 aromatic rings. The molecule has 0 fully saturated rings. The molecule has 31 heavy (non-hydrogen) atoms. The second kappa shape index (κ2) is 9.07. The molecular formula is C22H21N5O3S. The van der Waals surface area contributed by atoms with Gasteiger partial charge in [-0.15, -0.1) is 0 Å². The Kier molecular flexibility index (Phi) is 6.06. The van der Waals surface area contributed by atoms with Gasteiger partial charge < -0.3 is 20.1 Å². The summed E-state index contributed by atoms with van der Waals surface area (Å²) in [5.41, 5.74) is 2.85. The first-order valence-electron chi connectivity index (χ1n) is 9.68. The fourth-order valence-corrected chi connectivity index (χ4v) is 3.83. The van der Waals surface area contributed by atoms with Crippen LogP contribution in [0.15, 0.2) is 54.7 Å². The van der Waals surface area contributed by atoms with Crippen LogP contribution in [0.25, 0.3) is 10.3 Å². The van der Waals surface area contributed by atoms with Crippen molar-refractivity contribution in [2.45, 2.75) is 13.5 Å². The van der Waals surface area contributed by atoms with E-state index in [2.05, 4.69) is 15.3 Å². The Morgan fingerprint density at radius 3 is 2.87 bits per heavy atom. The van der Waals surface area contributed by atoms with Crippen molar-refractivity contribution in [3.05, 3.63) is 65.9 Å². The maximum Gasteiger partial charge on any atom is 0.338 e. The van der Waals surface area contributed by atoms with Gasteiger partial charge in [-0.3, -0.25) is 0 Å². The van der Waals surface area contributed by atoms with E-state index in [0.29, 0.717) is 23.1 Å². The highest BCUT2D eigenvalue weighted by Gasteiger charge is 2.13. The zero-order chi connectivity index (χ0) is 21.8. The Morgan fingerprint density at radius 1 is 1.19 bits per heavy atom. The largest absolute Gasteiger partial charge is 0.462 e. The summed E-state index contributed by atoms with van der Waals surface area (Å²) in [6, 6.07) is 14.6. The third kappa shape index (κ3) is 4.62. The van der Waals surface area contributed by atoms with Crippen LogP contribution in [0.4, 0.5) is 22.5 Å². The Morgan fingerprint density at radius 2 is 2.06 bits per heavy atom. The molecule has 3 heterocycles. The zero-order valence-corrected chi connectivity index (χ0v) is 17.9. The molecule has 0 aliphatic rings. The molecule has 0 saturated carbocycles. The number of anilines is 4. The number of fused-ring (bicyclic) bond motifs is 1. The van der Waals surface area contributed by atoms with Crippen molar-refractivity contribution in [1.82, 2.24) is 15.0 Å². The lowest BCUT2D eigenvalue weighted by molar-refractivity contribution is 0.0526. The van der Waals surface area contributed by atoms with Crippen LogP contribution in [0.3, 0.4) is 0 Å². The number of carbonyl (C=O) groups excluding carboxylic acids is 1. The van der Waals surface area contributed by atoms with Crippen LogP contribution >= 0.6 is 11.3 Å². The molecule has 3 aromatic heterocycles. The molecule has 0 aliphatic carbocycles. The molecule has 8 nitrogen and oxygen atoms in total. The van der Waals surface area contributed by atoms with Gasteiger partial charge in [0.15, 0.2) is 5.13 Å². The highest BCUT2D eigenvalue weighted by molar-refractivity contribution is 7.21. The lowest BCUT2D eigenvalue weighted by Crippen LogP contribution is -2.12. The molecule has 0 saturated heterocycles. The number of hydrogen-bond acceptors (Lipinski definition) is 9. The number of benzene rings is 1. The number of pyridine rings is 2. The van der Waals surface area contributed by atoms with Crippen LogP contribution < -0.4 is 10.2 Å². The minimum absolute atomic E-state index is 0.0499. The molecular weight excluding hydrogens is 414 g/mol. The smallest absolute Gasteiger partial charge is 0.338 e. The maximum atomic E-state index is 12.0. The summed E-state index contributed by atoms with van der Waals surface area (Å²) < 4.78 is 5.09. The minimum atomic E-state index is -0.349. The SMILES string of the molecule is CCOC(=O)c1cccc(N(C)c2ccc3nc(Nc4cc(CO)ccn4)sc3n2)c1. The number of thiazole rings is 1. The van der Waals surface area contributed by atoms with Gasteiger partial charge in [0.2, 0.25) is 0 Å². The summed E-state index contributed by atoms with van der Waals surface area (Å²) in [6.07, 6.45) is 1.64. The van der Waals surface area contributed by atoms with Gasteiger partial charge in [0.1, 0.15) is 22.0 Å². The van der Waals surface area contributed by atoms with Gasteiger partial charge in [-0.25, -0.2) is 19.7 Å². The van der Waals surface area contributed by atoms with Crippen LogP contribution in [0.2, 0.25) is 0 Å². The maximum absolute atomic E-state index is 12.0. The van der Waals surface area contributed by atoms with Crippen LogP contribution in [0.5, 0.6) is 0 Å². The van der Waals surface area contributed by atoms with Gasteiger partial charge in [-0.05, 0) is 55.0 Å². The van der Waals surface area contributed by atoms with Gasteiger partial charge in [0.05, 0.1) is 18.8 Å². The van der Waals surface area contributed by atoms with Crippen molar-refractivity contribution >= 4 is 50.1 Å². The first kappa shape index (κ1) is 20.7. The predicted molar refractivity (Wildman–Crippen MR) is 121 cm³/mol. The Balaban J connectivity index is 1.58. The Hall–Kier alpha value is -3.56. The quantitative estimate of drug-likeness (QED) is 0.415. The van der Waals surface area contributed by atoms with Crippen molar-refractivity contribution in [3.63, 3.8) is 0 Å². The molecule has 4 rings (SSSR count). The van der Waals surface area contributed by atoms with E-state index in [1.165, 1.54) is 11.3 Å². The number of ether oxygens (including phenoxy) is 1. The van der Waals surface area contributed by atoms with E-state index in [1.54, 1.807) is 37.4 Å². The lowest BCUT2D eigenvalue weighted by Gasteiger charge is -2.18. The lowest BCUT2D eigenvalue weighted by atomic mass is 10.2. The van der Waals surface area contributed by atoms with Crippen LogP contribution in [0.1, 0.15) is 22.8 Å². The molecule has 0 amide bonds. The van der Waals surface area contributed by atoms with E-state index in [9.17, 15) is 9.90 Å². The molecule has 0 bridgehead atoms. The van der Waals surface area contributed by atoms with Gasteiger partial charge in [-0.2, -0.15) is 0 Å². The molecule has 2 N–H and O–H groups in total. The second-order valence-electron chi connectivity index (χ2n) is 6.68. The van der Waals surface area contributed by atoms with Crippen molar-refractivity contribution < 1.29 is 14.6 Å². The van der Waals surface area contributed by atoms with Crippen molar-refractivity contribution in [2.75, 3.05) is 23.9 Å². The molecule has 1 aromatic carbocycles. The second-order valence-corrected chi connectivity index (χ2v) is 7.65. The van der Waals surface area contributed by atoms with E-state index in [-0.39, 0.29) is 12.6 Å². The Bertz CT molecular complexity index is 1230. The zero-order valence-electron chi connectivity index (χ0n) is 17.1.